The molecule has 4 rings (SSSR count). The number of amides is 1. The molecule has 1 N–H and O–H groups in total. The minimum absolute atomic E-state index is 0.0647. The fraction of sp³-hybridized carbons (Fsp3) is 0.304. The zero-order valence-electron chi connectivity index (χ0n) is 16.9. The van der Waals surface area contributed by atoms with Crippen LogP contribution in [0.4, 0.5) is 5.82 Å². The second kappa shape index (κ2) is 7.95. The van der Waals surface area contributed by atoms with Gasteiger partial charge in [-0.3, -0.25) is 9.00 Å². The molecule has 1 aliphatic rings. The molecule has 0 saturated heterocycles. The number of fused-ring (bicyclic) bond motifs is 1. The Labute approximate surface area is 173 Å². The summed E-state index contributed by atoms with van der Waals surface area (Å²) in [4.78, 5) is 13.2. The first-order chi connectivity index (χ1) is 14.0. The van der Waals surface area contributed by atoms with Gasteiger partial charge in [0.05, 0.1) is 28.8 Å². The van der Waals surface area contributed by atoms with Gasteiger partial charge in [0.2, 0.25) is 5.91 Å². The molecule has 1 aliphatic heterocycles. The monoisotopic (exact) mass is 407 g/mol. The normalized spacial score (nSPS) is 16.4. The Morgan fingerprint density at radius 3 is 2.62 bits per heavy atom. The number of nitrogens with one attached hydrogen (secondary N) is 1. The second-order valence-corrected chi connectivity index (χ2v) is 9.02. The van der Waals surface area contributed by atoms with Gasteiger partial charge in [0, 0.05) is 16.4 Å². The topological polar surface area (TPSA) is 64.0 Å². The highest BCUT2D eigenvalue weighted by Gasteiger charge is 2.30. The highest BCUT2D eigenvalue weighted by atomic mass is 32.2. The summed E-state index contributed by atoms with van der Waals surface area (Å²) in [5.41, 5.74) is 5.88. The van der Waals surface area contributed by atoms with Crippen molar-refractivity contribution < 1.29 is 9.00 Å². The molecule has 5 nitrogen and oxygen atoms in total. The smallest absolute Gasteiger partial charge is 0.233 e. The summed E-state index contributed by atoms with van der Waals surface area (Å²) in [6, 6.07) is 16.0. The summed E-state index contributed by atoms with van der Waals surface area (Å²) >= 11 is 0. The predicted molar refractivity (Wildman–Crippen MR) is 117 cm³/mol. The molecule has 0 fully saturated rings. The molecule has 150 valence electrons. The number of carbonyl (C=O) groups is 1. The van der Waals surface area contributed by atoms with E-state index in [1.807, 2.05) is 61.0 Å². The first-order valence-electron chi connectivity index (χ1n) is 9.87. The van der Waals surface area contributed by atoms with Gasteiger partial charge in [-0.1, -0.05) is 55.0 Å². The van der Waals surface area contributed by atoms with Gasteiger partial charge in [0.15, 0.2) is 0 Å². The van der Waals surface area contributed by atoms with E-state index in [0.717, 1.165) is 28.1 Å². The molecular weight excluding hydrogens is 382 g/mol. The van der Waals surface area contributed by atoms with Crippen molar-refractivity contribution >= 4 is 22.5 Å². The molecule has 0 unspecified atom stereocenters. The van der Waals surface area contributed by atoms with Crippen molar-refractivity contribution in [2.75, 3.05) is 5.32 Å². The minimum atomic E-state index is -0.963. The fourth-order valence-electron chi connectivity index (χ4n) is 3.94. The van der Waals surface area contributed by atoms with Crippen LogP contribution in [0.25, 0.3) is 5.69 Å². The molecule has 2 atom stereocenters. The van der Waals surface area contributed by atoms with E-state index in [1.54, 1.807) is 0 Å². The van der Waals surface area contributed by atoms with Crippen molar-refractivity contribution in [2.45, 2.75) is 44.6 Å². The van der Waals surface area contributed by atoms with E-state index in [9.17, 15) is 9.00 Å². The van der Waals surface area contributed by atoms with Crippen LogP contribution in [0.5, 0.6) is 0 Å². The van der Waals surface area contributed by atoms with Gasteiger partial charge in [-0.2, -0.15) is 5.10 Å². The predicted octanol–water partition coefficient (Wildman–Crippen LogP) is 4.38. The Bertz CT molecular complexity index is 1090. The average molecular weight is 408 g/mol. The van der Waals surface area contributed by atoms with Gasteiger partial charge in [0.1, 0.15) is 5.82 Å². The van der Waals surface area contributed by atoms with Gasteiger partial charge in [-0.25, -0.2) is 4.68 Å². The Morgan fingerprint density at radius 1 is 1.17 bits per heavy atom. The molecule has 0 bridgehead atoms. The number of aryl methyl sites for hydroxylation is 2. The standard InChI is InChI=1S/C23H25N3O2S/c1-4-18(17-8-6-5-7-9-17)23(27)24-22-19-13-29(28)14-20(19)25-26(22)21-11-10-15(2)12-16(21)3/h5-12,18H,4,13-14H2,1-3H3,(H,24,27)/t18-,29-/m1/s1. The van der Waals surface area contributed by atoms with Gasteiger partial charge in [0.25, 0.3) is 0 Å². The van der Waals surface area contributed by atoms with Crippen LogP contribution in [0, 0.1) is 13.8 Å². The summed E-state index contributed by atoms with van der Waals surface area (Å²) in [5.74, 6) is 1.20. The molecule has 2 aromatic carbocycles. The van der Waals surface area contributed by atoms with E-state index in [0.29, 0.717) is 23.7 Å². The van der Waals surface area contributed by atoms with Crippen molar-refractivity contribution in [3.05, 3.63) is 76.5 Å². The van der Waals surface area contributed by atoms with Crippen LogP contribution in [0.3, 0.4) is 0 Å². The molecule has 1 aromatic heterocycles. The van der Waals surface area contributed by atoms with Crippen molar-refractivity contribution in [2.24, 2.45) is 0 Å². The second-order valence-electron chi connectivity index (χ2n) is 7.56. The van der Waals surface area contributed by atoms with Crippen LogP contribution in [-0.2, 0) is 27.1 Å². The number of benzene rings is 2. The highest BCUT2D eigenvalue weighted by Crippen LogP contribution is 2.33. The zero-order chi connectivity index (χ0) is 20.5. The largest absolute Gasteiger partial charge is 0.310 e. The van der Waals surface area contributed by atoms with E-state index < -0.39 is 10.8 Å². The molecule has 0 saturated carbocycles. The molecular formula is C23H25N3O2S. The Balaban J connectivity index is 1.74. The average Bonchev–Trinajstić information content (AvgIpc) is 3.20. The number of hydrogen-bond donors (Lipinski definition) is 1. The highest BCUT2D eigenvalue weighted by molar-refractivity contribution is 7.83. The molecule has 6 heteroatoms. The molecule has 2 heterocycles. The lowest BCUT2D eigenvalue weighted by Gasteiger charge is -2.18. The maximum absolute atomic E-state index is 13.2. The molecule has 3 aromatic rings. The van der Waals surface area contributed by atoms with Crippen LogP contribution in [-0.4, -0.2) is 19.9 Å². The summed E-state index contributed by atoms with van der Waals surface area (Å²) in [6.07, 6.45) is 0.696. The lowest BCUT2D eigenvalue weighted by molar-refractivity contribution is -0.117. The van der Waals surface area contributed by atoms with Crippen LogP contribution in [0.1, 0.15) is 47.2 Å². The van der Waals surface area contributed by atoms with Crippen LogP contribution in [0.2, 0.25) is 0 Å². The fourth-order valence-corrected chi connectivity index (χ4v) is 5.20. The van der Waals surface area contributed by atoms with Crippen molar-refractivity contribution in [1.29, 1.82) is 0 Å². The van der Waals surface area contributed by atoms with Gasteiger partial charge < -0.3 is 5.32 Å². The van der Waals surface area contributed by atoms with Crippen LogP contribution in [0.15, 0.2) is 48.5 Å². The maximum Gasteiger partial charge on any atom is 0.233 e. The Hall–Kier alpha value is -2.73. The third kappa shape index (κ3) is 3.77. The first-order valence-corrected chi connectivity index (χ1v) is 11.4. The lowest BCUT2D eigenvalue weighted by Crippen LogP contribution is -2.23. The van der Waals surface area contributed by atoms with Crippen LogP contribution < -0.4 is 5.32 Å². The zero-order valence-corrected chi connectivity index (χ0v) is 17.8. The molecule has 0 aliphatic carbocycles. The third-order valence-electron chi connectivity index (χ3n) is 5.42. The number of aromatic nitrogens is 2. The lowest BCUT2D eigenvalue weighted by atomic mass is 9.95. The maximum atomic E-state index is 13.2. The third-order valence-corrected chi connectivity index (χ3v) is 6.62. The summed E-state index contributed by atoms with van der Waals surface area (Å²) < 4.78 is 13.9. The number of anilines is 1. The minimum Gasteiger partial charge on any atom is -0.310 e. The Morgan fingerprint density at radius 2 is 1.93 bits per heavy atom. The Kier molecular flexibility index (Phi) is 5.37. The van der Waals surface area contributed by atoms with E-state index in [-0.39, 0.29) is 11.8 Å². The van der Waals surface area contributed by atoms with E-state index in [1.165, 1.54) is 5.56 Å². The molecule has 29 heavy (non-hydrogen) atoms. The van der Waals surface area contributed by atoms with E-state index in [4.69, 9.17) is 5.10 Å². The van der Waals surface area contributed by atoms with Gasteiger partial charge >= 0.3 is 0 Å². The van der Waals surface area contributed by atoms with Crippen LogP contribution >= 0.6 is 0 Å². The van der Waals surface area contributed by atoms with Crippen molar-refractivity contribution in [3.63, 3.8) is 0 Å². The van der Waals surface area contributed by atoms with E-state index in [2.05, 4.69) is 18.3 Å². The molecule has 0 radical (unpaired) electrons. The number of carbonyl (C=O) groups excluding carboxylic acids is 1. The summed E-state index contributed by atoms with van der Waals surface area (Å²) in [7, 11) is -0.963. The number of nitrogens with zero attached hydrogens (tertiary/aromatic N) is 2. The number of hydrogen-bond acceptors (Lipinski definition) is 3. The SMILES string of the molecule is CC[C@@H](C(=O)Nc1c2c(nn1-c1ccc(C)cc1C)C[S@](=O)C2)c1ccccc1. The summed E-state index contributed by atoms with van der Waals surface area (Å²) in [6.45, 7) is 6.10. The van der Waals surface area contributed by atoms with Gasteiger partial charge in [-0.15, -0.1) is 0 Å². The van der Waals surface area contributed by atoms with Crippen molar-refractivity contribution in [1.82, 2.24) is 9.78 Å². The molecule has 1 amide bonds. The quantitative estimate of drug-likeness (QED) is 0.682. The molecule has 0 spiro atoms. The number of rotatable bonds is 5. The van der Waals surface area contributed by atoms with E-state index >= 15 is 0 Å². The first kappa shape index (κ1) is 19.6. The van der Waals surface area contributed by atoms with Gasteiger partial charge in [-0.05, 0) is 37.5 Å². The van der Waals surface area contributed by atoms with Crippen molar-refractivity contribution in [3.8, 4) is 5.69 Å². The summed E-state index contributed by atoms with van der Waals surface area (Å²) in [5, 5.41) is 7.85.